The maximum Gasteiger partial charge on any atom is 0.220 e. The van der Waals surface area contributed by atoms with Crippen LogP contribution in [0.5, 0.6) is 0 Å². The largest absolute Gasteiger partial charge is 0.394 e. The van der Waals surface area contributed by atoms with E-state index in [0.717, 1.165) is 51.4 Å². The molecule has 9 nitrogen and oxygen atoms in total. The third-order valence-electron chi connectivity index (χ3n) is 7.69. The number of amides is 1. The van der Waals surface area contributed by atoms with Gasteiger partial charge in [0.25, 0.3) is 0 Å². The average molecular weight is 612 g/mol. The normalized spacial score (nSPS) is 24.3. The molecule has 1 amide bonds. The Labute approximate surface area is 260 Å². The van der Waals surface area contributed by atoms with Crippen LogP contribution in [0, 0.1) is 0 Å². The van der Waals surface area contributed by atoms with Crippen molar-refractivity contribution < 1.29 is 39.8 Å². The van der Waals surface area contributed by atoms with Crippen molar-refractivity contribution in [3.8, 4) is 0 Å². The van der Waals surface area contributed by atoms with Crippen LogP contribution in [0.3, 0.4) is 0 Å². The molecule has 0 aromatic carbocycles. The van der Waals surface area contributed by atoms with Gasteiger partial charge in [-0.3, -0.25) is 4.79 Å². The van der Waals surface area contributed by atoms with Gasteiger partial charge < -0.3 is 40.3 Å². The number of rotatable bonds is 25. The van der Waals surface area contributed by atoms with Crippen LogP contribution < -0.4 is 5.32 Å². The van der Waals surface area contributed by atoms with Crippen molar-refractivity contribution >= 4 is 5.91 Å². The van der Waals surface area contributed by atoms with E-state index in [4.69, 9.17) is 9.47 Å². The predicted molar refractivity (Wildman–Crippen MR) is 170 cm³/mol. The number of hydrogen-bond donors (Lipinski definition) is 6. The summed E-state index contributed by atoms with van der Waals surface area (Å²) in [6.45, 7) is 3.48. The number of carbonyl (C=O) groups is 1. The molecule has 0 aromatic heterocycles. The first-order chi connectivity index (χ1) is 20.8. The van der Waals surface area contributed by atoms with Gasteiger partial charge in [-0.15, -0.1) is 0 Å². The zero-order chi connectivity index (χ0) is 31.7. The van der Waals surface area contributed by atoms with Crippen LogP contribution >= 0.6 is 0 Å². The molecule has 0 bridgehead atoms. The van der Waals surface area contributed by atoms with E-state index in [1.165, 1.54) is 44.9 Å². The predicted octanol–water partition coefficient (Wildman–Crippen LogP) is 4.60. The molecule has 6 N–H and O–H groups in total. The van der Waals surface area contributed by atoms with Crippen LogP contribution in [0.25, 0.3) is 0 Å². The summed E-state index contributed by atoms with van der Waals surface area (Å²) in [6, 6.07) is -0.802. The molecular weight excluding hydrogens is 550 g/mol. The van der Waals surface area contributed by atoms with Crippen molar-refractivity contribution in [3.05, 3.63) is 36.5 Å². The van der Waals surface area contributed by atoms with Crippen LogP contribution in [0.15, 0.2) is 36.5 Å². The van der Waals surface area contributed by atoms with Crippen LogP contribution in [-0.2, 0) is 14.3 Å². The number of carbonyl (C=O) groups excluding carboxylic acids is 1. The van der Waals surface area contributed by atoms with Crippen molar-refractivity contribution in [2.24, 2.45) is 0 Å². The number of allylic oxidation sites excluding steroid dienone is 5. The van der Waals surface area contributed by atoms with E-state index in [9.17, 15) is 30.3 Å². The van der Waals surface area contributed by atoms with Crippen LogP contribution in [0.1, 0.15) is 117 Å². The minimum absolute atomic E-state index is 0.197. The van der Waals surface area contributed by atoms with Gasteiger partial charge in [0, 0.05) is 6.42 Å². The molecule has 1 rings (SSSR count). The Morgan fingerprint density at radius 1 is 0.791 bits per heavy atom. The molecule has 0 radical (unpaired) electrons. The monoisotopic (exact) mass is 611 g/mol. The second kappa shape index (κ2) is 25.7. The smallest absolute Gasteiger partial charge is 0.220 e. The van der Waals surface area contributed by atoms with E-state index in [2.05, 4.69) is 36.5 Å². The van der Waals surface area contributed by atoms with Crippen molar-refractivity contribution in [2.45, 2.75) is 159 Å². The Morgan fingerprint density at radius 2 is 1.42 bits per heavy atom. The SMILES string of the molecule is CCC/C=C/C(O)C(COC1OC(CO)C(O)C(O)C1O)NC(=O)CCCCCCCCC/C=C\C/C=C\CCCCC. The third-order valence-corrected chi connectivity index (χ3v) is 7.69. The molecule has 7 atom stereocenters. The Morgan fingerprint density at radius 3 is 2.05 bits per heavy atom. The first kappa shape index (κ1) is 39.4. The summed E-state index contributed by atoms with van der Waals surface area (Å²) in [6.07, 6.45) is 21.3. The minimum Gasteiger partial charge on any atom is -0.394 e. The second-order valence-electron chi connectivity index (χ2n) is 11.6. The lowest BCUT2D eigenvalue weighted by molar-refractivity contribution is -0.302. The molecular formula is C34H61NO8. The van der Waals surface area contributed by atoms with Gasteiger partial charge in [-0.25, -0.2) is 0 Å². The molecule has 0 aromatic rings. The number of hydrogen-bond acceptors (Lipinski definition) is 8. The van der Waals surface area contributed by atoms with Gasteiger partial charge >= 0.3 is 0 Å². The van der Waals surface area contributed by atoms with Gasteiger partial charge in [0.2, 0.25) is 5.91 Å². The first-order valence-electron chi connectivity index (χ1n) is 16.7. The maximum absolute atomic E-state index is 12.7. The Hall–Kier alpha value is -1.59. The molecule has 0 spiro atoms. The zero-order valence-corrected chi connectivity index (χ0v) is 26.7. The summed E-state index contributed by atoms with van der Waals surface area (Å²) in [5, 5.41) is 53.1. The highest BCUT2D eigenvalue weighted by atomic mass is 16.7. The third kappa shape index (κ3) is 18.1. The topological polar surface area (TPSA) is 149 Å². The lowest BCUT2D eigenvalue weighted by Gasteiger charge is -2.40. The number of nitrogens with one attached hydrogen (secondary N) is 1. The number of unbranched alkanes of at least 4 members (excludes halogenated alkanes) is 11. The van der Waals surface area contributed by atoms with Crippen molar-refractivity contribution in [3.63, 3.8) is 0 Å². The van der Waals surface area contributed by atoms with Gasteiger partial charge in [-0.1, -0.05) is 102 Å². The lowest BCUT2D eigenvalue weighted by atomic mass is 9.99. The highest BCUT2D eigenvalue weighted by molar-refractivity contribution is 5.76. The van der Waals surface area contributed by atoms with E-state index in [-0.39, 0.29) is 12.5 Å². The second-order valence-corrected chi connectivity index (χ2v) is 11.6. The minimum atomic E-state index is -1.56. The molecule has 0 saturated carbocycles. The fourth-order valence-corrected chi connectivity index (χ4v) is 4.90. The fraction of sp³-hybridized carbons (Fsp3) is 0.794. The highest BCUT2D eigenvalue weighted by Gasteiger charge is 2.44. The Bertz CT molecular complexity index is 771. The lowest BCUT2D eigenvalue weighted by Crippen LogP contribution is -2.60. The molecule has 1 aliphatic rings. The molecule has 1 saturated heterocycles. The summed E-state index contributed by atoms with van der Waals surface area (Å²) in [5.74, 6) is -0.201. The standard InChI is InChI=1S/C34H61NO8/c1-3-5-7-8-9-10-11-12-13-14-15-16-17-18-19-20-22-24-30(38)35-27(28(37)23-21-6-4-2)26-42-34-33(41)32(40)31(39)29(25-36)43-34/h9-10,12-13,21,23,27-29,31-34,36-37,39-41H,3-8,11,14-20,22,24-26H2,1-2H3,(H,35,38)/b10-9-,13-12-,23-21+. The summed E-state index contributed by atoms with van der Waals surface area (Å²) in [5.41, 5.74) is 0. The first-order valence-corrected chi connectivity index (χ1v) is 16.7. The highest BCUT2D eigenvalue weighted by Crippen LogP contribution is 2.22. The summed E-state index contributed by atoms with van der Waals surface area (Å²) in [7, 11) is 0. The van der Waals surface area contributed by atoms with E-state index >= 15 is 0 Å². The van der Waals surface area contributed by atoms with Crippen LogP contribution in [0.4, 0.5) is 0 Å². The van der Waals surface area contributed by atoms with Gasteiger partial charge in [0.15, 0.2) is 6.29 Å². The summed E-state index contributed by atoms with van der Waals surface area (Å²) < 4.78 is 11.0. The van der Waals surface area contributed by atoms with Crippen LogP contribution in [-0.4, -0.2) is 87.5 Å². The summed E-state index contributed by atoms with van der Waals surface area (Å²) in [4.78, 5) is 12.7. The Balaban J connectivity index is 2.30. The van der Waals surface area contributed by atoms with Crippen molar-refractivity contribution in [1.82, 2.24) is 5.32 Å². The van der Waals surface area contributed by atoms with Crippen molar-refractivity contribution in [2.75, 3.05) is 13.2 Å². The molecule has 0 aliphatic carbocycles. The fourth-order valence-electron chi connectivity index (χ4n) is 4.90. The molecule has 9 heteroatoms. The molecule has 1 aliphatic heterocycles. The number of ether oxygens (including phenoxy) is 2. The van der Waals surface area contributed by atoms with E-state index in [1.807, 2.05) is 13.0 Å². The Kier molecular flexibility index (Phi) is 23.6. The number of aliphatic hydroxyl groups excluding tert-OH is 5. The van der Waals surface area contributed by atoms with Gasteiger partial charge in [-0.05, 0) is 44.9 Å². The number of aliphatic hydroxyl groups is 5. The summed E-state index contributed by atoms with van der Waals surface area (Å²) >= 11 is 0. The molecule has 43 heavy (non-hydrogen) atoms. The van der Waals surface area contributed by atoms with Crippen molar-refractivity contribution in [1.29, 1.82) is 0 Å². The van der Waals surface area contributed by atoms with Crippen LogP contribution in [0.2, 0.25) is 0 Å². The van der Waals surface area contributed by atoms with Gasteiger partial charge in [0.05, 0.1) is 25.4 Å². The molecule has 1 fully saturated rings. The zero-order valence-electron chi connectivity index (χ0n) is 26.7. The van der Waals surface area contributed by atoms with E-state index in [0.29, 0.717) is 6.42 Å². The van der Waals surface area contributed by atoms with Gasteiger partial charge in [0.1, 0.15) is 24.4 Å². The maximum atomic E-state index is 12.7. The van der Waals surface area contributed by atoms with E-state index < -0.39 is 49.5 Å². The van der Waals surface area contributed by atoms with E-state index in [1.54, 1.807) is 6.08 Å². The molecule has 250 valence electrons. The van der Waals surface area contributed by atoms with Gasteiger partial charge in [-0.2, -0.15) is 0 Å². The quantitative estimate of drug-likeness (QED) is 0.0648. The average Bonchev–Trinajstić information content (AvgIpc) is 3.00. The molecule has 1 heterocycles. The molecule has 7 unspecified atom stereocenters.